The molecular formula is C25H39N3O3. The van der Waals surface area contributed by atoms with Crippen LogP contribution < -0.4 is 10.2 Å². The van der Waals surface area contributed by atoms with E-state index in [2.05, 4.69) is 17.1 Å². The summed E-state index contributed by atoms with van der Waals surface area (Å²) in [6, 6.07) is 7.91. The van der Waals surface area contributed by atoms with Crippen LogP contribution in [0.25, 0.3) is 0 Å². The Balaban J connectivity index is 1.46. The Bertz CT molecular complexity index is 692. The van der Waals surface area contributed by atoms with Gasteiger partial charge in [0.1, 0.15) is 0 Å². The van der Waals surface area contributed by atoms with Gasteiger partial charge in [-0.3, -0.25) is 9.59 Å². The molecule has 0 unspecified atom stereocenters. The van der Waals surface area contributed by atoms with Crippen LogP contribution in [0, 0.1) is 11.8 Å². The smallest absolute Gasteiger partial charge is 0.243 e. The first-order chi connectivity index (χ1) is 15.1. The molecule has 1 saturated carbocycles. The van der Waals surface area contributed by atoms with Gasteiger partial charge in [0, 0.05) is 36.9 Å². The zero-order valence-corrected chi connectivity index (χ0v) is 19.3. The van der Waals surface area contributed by atoms with Gasteiger partial charge in [-0.25, -0.2) is 0 Å². The number of benzene rings is 1. The van der Waals surface area contributed by atoms with E-state index in [0.717, 1.165) is 69.3 Å². The molecule has 0 atom stereocenters. The number of nitrogens with one attached hydrogen (secondary N) is 1. The van der Waals surface area contributed by atoms with Gasteiger partial charge in [-0.15, -0.1) is 0 Å². The van der Waals surface area contributed by atoms with Gasteiger partial charge in [-0.05, 0) is 62.8 Å². The second kappa shape index (κ2) is 12.1. The van der Waals surface area contributed by atoms with E-state index >= 15 is 0 Å². The number of morpholine rings is 1. The maximum Gasteiger partial charge on any atom is 0.243 e. The van der Waals surface area contributed by atoms with Crippen LogP contribution in [-0.4, -0.2) is 56.1 Å². The summed E-state index contributed by atoms with van der Waals surface area (Å²) in [4.78, 5) is 29.6. The minimum atomic E-state index is -0.133. The summed E-state index contributed by atoms with van der Waals surface area (Å²) in [5, 5.41) is 2.95. The third-order valence-corrected chi connectivity index (χ3v) is 6.72. The van der Waals surface area contributed by atoms with E-state index in [-0.39, 0.29) is 24.3 Å². The van der Waals surface area contributed by atoms with Gasteiger partial charge < -0.3 is 19.9 Å². The van der Waals surface area contributed by atoms with Crippen LogP contribution in [0.5, 0.6) is 0 Å². The molecule has 172 valence electrons. The van der Waals surface area contributed by atoms with Gasteiger partial charge in [0.15, 0.2) is 0 Å². The van der Waals surface area contributed by atoms with Gasteiger partial charge in [0.05, 0.1) is 19.8 Å². The lowest BCUT2D eigenvalue weighted by molar-refractivity contribution is -0.139. The summed E-state index contributed by atoms with van der Waals surface area (Å²) in [6.07, 6.45) is 8.06. The van der Waals surface area contributed by atoms with Crippen molar-refractivity contribution in [2.75, 3.05) is 49.6 Å². The van der Waals surface area contributed by atoms with Crippen LogP contribution in [0.2, 0.25) is 0 Å². The fourth-order valence-electron chi connectivity index (χ4n) is 4.75. The molecule has 1 saturated heterocycles. The molecule has 1 aromatic rings. The topological polar surface area (TPSA) is 61.9 Å². The van der Waals surface area contributed by atoms with Crippen LogP contribution in [-0.2, 0) is 14.3 Å². The number of anilines is 2. The zero-order chi connectivity index (χ0) is 22.1. The summed E-state index contributed by atoms with van der Waals surface area (Å²) < 4.78 is 5.40. The average Bonchev–Trinajstić information content (AvgIpc) is 2.82. The molecule has 0 radical (unpaired) electrons. The van der Waals surface area contributed by atoms with E-state index in [1.54, 1.807) is 4.90 Å². The van der Waals surface area contributed by atoms with Crippen LogP contribution in [0.15, 0.2) is 24.3 Å². The fourth-order valence-corrected chi connectivity index (χ4v) is 4.75. The second-order valence-electron chi connectivity index (χ2n) is 8.91. The van der Waals surface area contributed by atoms with Gasteiger partial charge in [0.2, 0.25) is 11.8 Å². The monoisotopic (exact) mass is 429 g/mol. The number of ether oxygens (including phenoxy) is 1. The highest BCUT2D eigenvalue weighted by atomic mass is 16.5. The average molecular weight is 430 g/mol. The first-order valence-corrected chi connectivity index (χ1v) is 12.1. The molecule has 0 aromatic heterocycles. The molecule has 1 aliphatic heterocycles. The quantitative estimate of drug-likeness (QED) is 0.635. The van der Waals surface area contributed by atoms with E-state index in [1.807, 2.05) is 31.2 Å². The number of hydrogen-bond donors (Lipinski definition) is 1. The summed E-state index contributed by atoms with van der Waals surface area (Å²) in [5.41, 5.74) is 1.91. The van der Waals surface area contributed by atoms with E-state index in [9.17, 15) is 9.59 Å². The summed E-state index contributed by atoms with van der Waals surface area (Å²) >= 11 is 0. The van der Waals surface area contributed by atoms with E-state index < -0.39 is 0 Å². The minimum absolute atomic E-state index is 0.0819. The summed E-state index contributed by atoms with van der Waals surface area (Å²) in [5.74, 6) is 0.876. The predicted octanol–water partition coefficient (Wildman–Crippen LogP) is 4.31. The molecule has 1 heterocycles. The Morgan fingerprint density at radius 1 is 1.06 bits per heavy atom. The van der Waals surface area contributed by atoms with Crippen molar-refractivity contribution in [1.82, 2.24) is 4.90 Å². The first-order valence-electron chi connectivity index (χ1n) is 12.1. The van der Waals surface area contributed by atoms with E-state index in [0.29, 0.717) is 6.54 Å². The Kier molecular flexibility index (Phi) is 9.19. The molecule has 1 aromatic carbocycles. The molecule has 0 bridgehead atoms. The van der Waals surface area contributed by atoms with E-state index in [1.165, 1.54) is 19.3 Å². The SMILES string of the molecule is CCCCC1CCC(C(=O)N(CC)CC(=O)Nc2ccc(N3CCOCC3)cc2)CC1. The van der Waals surface area contributed by atoms with Gasteiger partial charge >= 0.3 is 0 Å². The van der Waals surface area contributed by atoms with Crippen LogP contribution in [0.4, 0.5) is 11.4 Å². The number of carbonyl (C=O) groups excluding carboxylic acids is 2. The highest BCUT2D eigenvalue weighted by molar-refractivity contribution is 5.95. The molecule has 1 aliphatic carbocycles. The van der Waals surface area contributed by atoms with Gasteiger partial charge in [0.25, 0.3) is 0 Å². The number of rotatable bonds is 9. The van der Waals surface area contributed by atoms with Gasteiger partial charge in [-0.2, -0.15) is 0 Å². The second-order valence-corrected chi connectivity index (χ2v) is 8.91. The lowest BCUT2D eigenvalue weighted by atomic mass is 9.79. The Labute approximate surface area is 187 Å². The molecule has 3 rings (SSSR count). The number of likely N-dealkylation sites (N-methyl/N-ethyl adjacent to an activating group) is 1. The van der Waals surface area contributed by atoms with Crippen molar-refractivity contribution in [3.8, 4) is 0 Å². The number of amides is 2. The Morgan fingerprint density at radius 3 is 2.35 bits per heavy atom. The molecule has 31 heavy (non-hydrogen) atoms. The van der Waals surface area contributed by atoms with Crippen molar-refractivity contribution in [3.05, 3.63) is 24.3 Å². The van der Waals surface area contributed by atoms with Crippen LogP contribution in [0.1, 0.15) is 58.8 Å². The van der Waals surface area contributed by atoms with Gasteiger partial charge in [-0.1, -0.05) is 26.2 Å². The van der Waals surface area contributed by atoms with Crippen molar-refractivity contribution >= 4 is 23.2 Å². The molecule has 6 heteroatoms. The standard InChI is InChI=1S/C25H39N3O3/c1-3-5-6-20-7-9-21(10-8-20)25(30)27(4-2)19-24(29)26-22-11-13-23(14-12-22)28-15-17-31-18-16-28/h11-14,20-21H,3-10,15-19H2,1-2H3,(H,26,29). The summed E-state index contributed by atoms with van der Waals surface area (Å²) in [6.45, 7) is 8.15. The third-order valence-electron chi connectivity index (χ3n) is 6.72. The highest BCUT2D eigenvalue weighted by Gasteiger charge is 2.29. The maximum absolute atomic E-state index is 13.0. The lowest BCUT2D eigenvalue weighted by Gasteiger charge is -2.31. The third kappa shape index (κ3) is 6.96. The molecule has 2 amide bonds. The number of nitrogens with zero attached hydrogens (tertiary/aromatic N) is 2. The van der Waals surface area contributed by atoms with Crippen molar-refractivity contribution in [1.29, 1.82) is 0 Å². The normalized spacial score (nSPS) is 21.5. The number of carbonyl (C=O) groups is 2. The molecule has 6 nitrogen and oxygen atoms in total. The zero-order valence-electron chi connectivity index (χ0n) is 19.3. The maximum atomic E-state index is 13.0. The van der Waals surface area contributed by atoms with Crippen LogP contribution >= 0.6 is 0 Å². The molecule has 0 spiro atoms. The largest absolute Gasteiger partial charge is 0.378 e. The molecule has 1 N–H and O–H groups in total. The Hall–Kier alpha value is -2.08. The fraction of sp³-hybridized carbons (Fsp3) is 0.680. The highest BCUT2D eigenvalue weighted by Crippen LogP contribution is 2.33. The van der Waals surface area contributed by atoms with Crippen molar-refractivity contribution in [2.45, 2.75) is 58.8 Å². The molecule has 2 fully saturated rings. The van der Waals surface area contributed by atoms with Crippen LogP contribution in [0.3, 0.4) is 0 Å². The minimum Gasteiger partial charge on any atom is -0.378 e. The first kappa shape index (κ1) is 23.6. The van der Waals surface area contributed by atoms with E-state index in [4.69, 9.17) is 4.74 Å². The predicted molar refractivity (Wildman–Crippen MR) is 125 cm³/mol. The number of unbranched alkanes of at least 4 members (excludes halogenated alkanes) is 1. The molecular weight excluding hydrogens is 390 g/mol. The lowest BCUT2D eigenvalue weighted by Crippen LogP contribution is -2.42. The number of hydrogen-bond acceptors (Lipinski definition) is 4. The summed E-state index contributed by atoms with van der Waals surface area (Å²) in [7, 11) is 0. The van der Waals surface area contributed by atoms with Crippen molar-refractivity contribution in [3.63, 3.8) is 0 Å². The van der Waals surface area contributed by atoms with Crippen molar-refractivity contribution < 1.29 is 14.3 Å². The Morgan fingerprint density at radius 2 is 1.74 bits per heavy atom. The van der Waals surface area contributed by atoms with Crippen molar-refractivity contribution in [2.24, 2.45) is 11.8 Å². The molecule has 2 aliphatic rings.